The number of carbonyl (C=O) groups excluding carboxylic acids is 1. The molecule has 1 aromatic heterocycles. The van der Waals surface area contributed by atoms with Crippen molar-refractivity contribution < 1.29 is 13.6 Å². The van der Waals surface area contributed by atoms with Crippen molar-refractivity contribution in [3.05, 3.63) is 88.3 Å². The molecule has 0 bridgehead atoms. The van der Waals surface area contributed by atoms with Crippen molar-refractivity contribution >= 4 is 11.6 Å². The summed E-state index contributed by atoms with van der Waals surface area (Å²) in [5, 5.41) is 8.24. The number of rotatable bonds is 2. The first kappa shape index (κ1) is 19.7. The number of benzene rings is 2. The number of aromatic nitrogens is 2. The summed E-state index contributed by atoms with van der Waals surface area (Å²) in [7, 11) is 0. The smallest absolute Gasteiger partial charge is 0.162 e. The predicted molar refractivity (Wildman–Crippen MR) is 115 cm³/mol. The lowest BCUT2D eigenvalue weighted by Crippen LogP contribution is -2.34. The van der Waals surface area contributed by atoms with Crippen molar-refractivity contribution in [2.75, 3.05) is 5.32 Å². The second kappa shape index (κ2) is 6.87. The van der Waals surface area contributed by atoms with Crippen LogP contribution in [0.3, 0.4) is 0 Å². The zero-order valence-corrected chi connectivity index (χ0v) is 17.7. The number of ketones is 1. The Labute approximate surface area is 179 Å². The van der Waals surface area contributed by atoms with E-state index in [9.17, 15) is 13.6 Å². The zero-order valence-electron chi connectivity index (χ0n) is 17.7. The van der Waals surface area contributed by atoms with Crippen LogP contribution in [0.5, 0.6) is 0 Å². The van der Waals surface area contributed by atoms with Crippen LogP contribution >= 0.6 is 0 Å². The first-order chi connectivity index (χ1) is 14.7. The topological polar surface area (TPSA) is 46.9 Å². The highest BCUT2D eigenvalue weighted by atomic mass is 19.2. The number of anilines is 1. The third-order valence-corrected chi connectivity index (χ3v) is 6.15. The van der Waals surface area contributed by atoms with E-state index in [1.54, 1.807) is 6.07 Å². The summed E-state index contributed by atoms with van der Waals surface area (Å²) in [6, 6.07) is 13.6. The minimum absolute atomic E-state index is 0.0333. The normalized spacial score (nSPS) is 19.6. The van der Waals surface area contributed by atoms with Crippen LogP contribution in [0.15, 0.2) is 59.8 Å². The molecule has 1 N–H and O–H groups in total. The van der Waals surface area contributed by atoms with Gasteiger partial charge in [-0.05, 0) is 48.6 Å². The van der Waals surface area contributed by atoms with Crippen molar-refractivity contribution in [1.29, 1.82) is 0 Å². The minimum Gasteiger partial charge on any atom is -0.343 e. The SMILES string of the molecule is Cc1nn(-c2ccccc2)c2c1[C@H](c1ccc(F)c(F)c1)C1=C(CC(C)(C)CC1=O)N2. The van der Waals surface area contributed by atoms with Gasteiger partial charge in [-0.1, -0.05) is 38.1 Å². The Balaban J connectivity index is 1.77. The maximum atomic E-state index is 14.2. The third kappa shape index (κ3) is 3.17. The number of para-hydroxylation sites is 1. The number of aryl methyl sites for hydroxylation is 1. The summed E-state index contributed by atoms with van der Waals surface area (Å²) in [6.07, 6.45) is 1.10. The third-order valence-electron chi connectivity index (χ3n) is 6.15. The standard InChI is InChI=1S/C25H23F2N3O/c1-14-21-22(15-9-10-17(26)18(27)11-15)23-19(12-25(2,3)13-20(23)31)28-24(21)30(29-14)16-7-5-4-6-8-16/h4-11,22,28H,12-13H2,1-3H3/t22-/m0/s1. The summed E-state index contributed by atoms with van der Waals surface area (Å²) in [5.74, 6) is -1.52. The number of allylic oxidation sites excluding steroid dienone is 2. The highest BCUT2D eigenvalue weighted by molar-refractivity contribution is 6.01. The van der Waals surface area contributed by atoms with E-state index in [4.69, 9.17) is 5.10 Å². The van der Waals surface area contributed by atoms with Crippen molar-refractivity contribution in [2.24, 2.45) is 5.41 Å². The van der Waals surface area contributed by atoms with Crippen LogP contribution in [0.25, 0.3) is 5.69 Å². The van der Waals surface area contributed by atoms with Gasteiger partial charge in [-0.3, -0.25) is 4.79 Å². The molecule has 0 saturated heterocycles. The number of halogens is 2. The maximum Gasteiger partial charge on any atom is 0.162 e. The van der Waals surface area contributed by atoms with Gasteiger partial charge in [0.2, 0.25) is 0 Å². The van der Waals surface area contributed by atoms with E-state index in [-0.39, 0.29) is 11.2 Å². The maximum absolute atomic E-state index is 14.2. The summed E-state index contributed by atoms with van der Waals surface area (Å²) in [5.41, 5.74) is 4.28. The van der Waals surface area contributed by atoms with Crippen LogP contribution in [0.1, 0.15) is 49.4 Å². The highest BCUT2D eigenvalue weighted by Crippen LogP contribution is 2.50. The Hall–Kier alpha value is -3.28. The number of fused-ring (bicyclic) bond motifs is 1. The van der Waals surface area contributed by atoms with Crippen LogP contribution in [-0.2, 0) is 4.79 Å². The van der Waals surface area contributed by atoms with Crippen LogP contribution in [0.2, 0.25) is 0 Å². The molecule has 4 nitrogen and oxygen atoms in total. The van der Waals surface area contributed by atoms with E-state index < -0.39 is 17.6 Å². The molecule has 2 heterocycles. The molecule has 1 aliphatic carbocycles. The molecule has 0 saturated carbocycles. The second-order valence-corrected chi connectivity index (χ2v) is 9.16. The van der Waals surface area contributed by atoms with E-state index in [1.807, 2.05) is 41.9 Å². The van der Waals surface area contributed by atoms with E-state index in [1.165, 1.54) is 6.07 Å². The van der Waals surface area contributed by atoms with Crippen molar-refractivity contribution in [1.82, 2.24) is 9.78 Å². The first-order valence-electron chi connectivity index (χ1n) is 10.4. The summed E-state index contributed by atoms with van der Waals surface area (Å²) >= 11 is 0. The Kier molecular flexibility index (Phi) is 4.36. The average molecular weight is 419 g/mol. The lowest BCUT2D eigenvalue weighted by molar-refractivity contribution is -0.118. The van der Waals surface area contributed by atoms with Crippen LogP contribution in [0.4, 0.5) is 14.6 Å². The molecule has 5 rings (SSSR count). The van der Waals surface area contributed by atoms with Crippen LogP contribution < -0.4 is 5.32 Å². The van der Waals surface area contributed by atoms with Crippen molar-refractivity contribution in [2.45, 2.75) is 39.5 Å². The Morgan fingerprint density at radius 3 is 2.52 bits per heavy atom. The number of nitrogens with zero attached hydrogens (tertiary/aromatic N) is 2. The highest BCUT2D eigenvalue weighted by Gasteiger charge is 2.43. The fourth-order valence-corrected chi connectivity index (χ4v) is 4.85. The van der Waals surface area contributed by atoms with Gasteiger partial charge in [-0.15, -0.1) is 0 Å². The van der Waals surface area contributed by atoms with Gasteiger partial charge in [0.25, 0.3) is 0 Å². The molecule has 0 radical (unpaired) electrons. The fraction of sp³-hybridized carbons (Fsp3) is 0.280. The minimum atomic E-state index is -0.920. The molecule has 3 aromatic rings. The molecule has 1 atom stereocenters. The molecule has 0 amide bonds. The zero-order chi connectivity index (χ0) is 21.9. The molecule has 0 spiro atoms. The molecule has 2 aliphatic rings. The first-order valence-corrected chi connectivity index (χ1v) is 10.4. The van der Waals surface area contributed by atoms with Gasteiger partial charge in [0.1, 0.15) is 5.82 Å². The van der Waals surface area contributed by atoms with Gasteiger partial charge in [-0.2, -0.15) is 5.10 Å². The molecule has 158 valence electrons. The molecular weight excluding hydrogens is 396 g/mol. The summed E-state index contributed by atoms with van der Waals surface area (Å²) in [6.45, 7) is 6.02. The summed E-state index contributed by atoms with van der Waals surface area (Å²) in [4.78, 5) is 13.3. The van der Waals surface area contributed by atoms with E-state index in [0.717, 1.165) is 34.5 Å². The molecule has 0 unspecified atom stereocenters. The van der Waals surface area contributed by atoms with Crippen molar-refractivity contribution in [3.8, 4) is 5.69 Å². The molecule has 2 aromatic carbocycles. The number of Topliss-reactive ketones (excluding diaryl/α,β-unsaturated/α-hetero) is 1. The summed E-state index contributed by atoms with van der Waals surface area (Å²) < 4.78 is 29.7. The van der Waals surface area contributed by atoms with Gasteiger partial charge >= 0.3 is 0 Å². The molecule has 1 aliphatic heterocycles. The Morgan fingerprint density at radius 2 is 1.81 bits per heavy atom. The van der Waals surface area contributed by atoms with Gasteiger partial charge in [-0.25, -0.2) is 13.5 Å². The van der Waals surface area contributed by atoms with Gasteiger partial charge < -0.3 is 5.32 Å². The number of hydrogen-bond acceptors (Lipinski definition) is 3. The predicted octanol–water partition coefficient (Wildman–Crippen LogP) is 5.66. The Bertz CT molecular complexity index is 1240. The number of nitrogens with one attached hydrogen (secondary N) is 1. The Morgan fingerprint density at radius 1 is 1.06 bits per heavy atom. The number of hydrogen-bond donors (Lipinski definition) is 1. The van der Waals surface area contributed by atoms with Gasteiger partial charge in [0, 0.05) is 29.2 Å². The van der Waals surface area contributed by atoms with E-state index in [2.05, 4.69) is 19.2 Å². The van der Waals surface area contributed by atoms with Gasteiger partial charge in [0.05, 0.1) is 11.4 Å². The van der Waals surface area contributed by atoms with Crippen LogP contribution in [0, 0.1) is 24.0 Å². The van der Waals surface area contributed by atoms with E-state index in [0.29, 0.717) is 24.0 Å². The van der Waals surface area contributed by atoms with Crippen LogP contribution in [-0.4, -0.2) is 15.6 Å². The lowest BCUT2D eigenvalue weighted by atomic mass is 9.69. The molecule has 31 heavy (non-hydrogen) atoms. The second-order valence-electron chi connectivity index (χ2n) is 9.16. The monoisotopic (exact) mass is 419 g/mol. The molecule has 6 heteroatoms. The van der Waals surface area contributed by atoms with Gasteiger partial charge in [0.15, 0.2) is 17.4 Å². The largest absolute Gasteiger partial charge is 0.343 e. The van der Waals surface area contributed by atoms with E-state index >= 15 is 0 Å². The molecular formula is C25H23F2N3O. The molecule has 0 fully saturated rings. The fourth-order valence-electron chi connectivity index (χ4n) is 4.85. The quantitative estimate of drug-likeness (QED) is 0.583. The average Bonchev–Trinajstić information content (AvgIpc) is 3.04. The lowest BCUT2D eigenvalue weighted by Gasteiger charge is -2.38. The van der Waals surface area contributed by atoms with Crippen molar-refractivity contribution in [3.63, 3.8) is 0 Å². The number of carbonyl (C=O) groups is 1.